The lowest BCUT2D eigenvalue weighted by molar-refractivity contribution is 1.41. The number of nitrogens with zero attached hydrogens (tertiary/aromatic N) is 1. The number of pyridine rings is 1. The Balaban J connectivity index is 1.27. The van der Waals surface area contributed by atoms with Crippen molar-refractivity contribution >= 4 is 43.2 Å². The van der Waals surface area contributed by atoms with Crippen molar-refractivity contribution in [2.45, 2.75) is 0 Å². The van der Waals surface area contributed by atoms with E-state index in [0.717, 1.165) is 22.2 Å². The first-order chi connectivity index (χ1) is 22.8. The summed E-state index contributed by atoms with van der Waals surface area (Å²) in [6.07, 6.45) is 0. The predicted molar refractivity (Wildman–Crippen MR) is 196 cm³/mol. The number of hydrogen-bond donors (Lipinski definition) is 0. The van der Waals surface area contributed by atoms with Gasteiger partial charge in [0, 0.05) is 16.3 Å². The summed E-state index contributed by atoms with van der Waals surface area (Å²) in [7, 11) is 0. The summed E-state index contributed by atoms with van der Waals surface area (Å²) in [6, 6.07) is 63.4. The monoisotopic (exact) mass is 583 g/mol. The second kappa shape index (κ2) is 10.8. The lowest BCUT2D eigenvalue weighted by Crippen LogP contribution is -1.92. The zero-order valence-electron chi connectivity index (χ0n) is 25.2. The molecular formula is C45H29N. The summed E-state index contributed by atoms with van der Waals surface area (Å²) in [5.41, 5.74) is 10.5. The van der Waals surface area contributed by atoms with Crippen molar-refractivity contribution in [2.75, 3.05) is 0 Å². The van der Waals surface area contributed by atoms with Gasteiger partial charge in [0.2, 0.25) is 0 Å². The molecule has 0 fully saturated rings. The molecule has 0 amide bonds. The fourth-order valence-corrected chi connectivity index (χ4v) is 7.07. The number of fused-ring (bicyclic) bond motifs is 5. The Morgan fingerprint density at radius 2 is 0.804 bits per heavy atom. The first kappa shape index (κ1) is 26.4. The van der Waals surface area contributed by atoms with Crippen LogP contribution >= 0.6 is 0 Å². The fraction of sp³-hybridized carbons (Fsp3) is 0. The highest BCUT2D eigenvalue weighted by Crippen LogP contribution is 2.45. The van der Waals surface area contributed by atoms with E-state index in [1.54, 1.807) is 0 Å². The lowest BCUT2D eigenvalue weighted by Gasteiger charge is -2.19. The molecule has 0 aliphatic rings. The highest BCUT2D eigenvalue weighted by molar-refractivity contribution is 6.22. The molecule has 8 aromatic carbocycles. The quantitative estimate of drug-likeness (QED) is 0.148. The molecule has 0 N–H and O–H groups in total. The van der Waals surface area contributed by atoms with Crippen LogP contribution in [0, 0.1) is 0 Å². The maximum Gasteiger partial charge on any atom is 0.0787 e. The number of hydrogen-bond acceptors (Lipinski definition) is 1. The SMILES string of the molecule is c1ccc(-c2c3ccccc3c(-c3ccccc3)c3cc(-c4cccc(-c5ccc6ccc7ccccc7c6n5)c4)ccc23)cc1. The van der Waals surface area contributed by atoms with Crippen LogP contribution in [0.1, 0.15) is 0 Å². The first-order valence-electron chi connectivity index (χ1n) is 15.8. The van der Waals surface area contributed by atoms with E-state index in [-0.39, 0.29) is 0 Å². The molecule has 0 spiro atoms. The van der Waals surface area contributed by atoms with Gasteiger partial charge in [-0.25, -0.2) is 4.98 Å². The van der Waals surface area contributed by atoms with Crippen LogP contribution in [0.2, 0.25) is 0 Å². The average molecular weight is 584 g/mol. The Morgan fingerprint density at radius 1 is 0.283 bits per heavy atom. The average Bonchev–Trinajstić information content (AvgIpc) is 3.14. The van der Waals surface area contributed by atoms with Crippen LogP contribution in [-0.2, 0) is 0 Å². The maximum atomic E-state index is 5.19. The highest BCUT2D eigenvalue weighted by Gasteiger charge is 2.17. The van der Waals surface area contributed by atoms with Crippen LogP contribution in [0.5, 0.6) is 0 Å². The third-order valence-corrected chi connectivity index (χ3v) is 9.23. The molecule has 0 saturated heterocycles. The molecule has 0 radical (unpaired) electrons. The second-order valence-electron chi connectivity index (χ2n) is 11.9. The number of aromatic nitrogens is 1. The van der Waals surface area contributed by atoms with E-state index in [9.17, 15) is 0 Å². The van der Waals surface area contributed by atoms with E-state index in [1.165, 1.54) is 65.7 Å². The highest BCUT2D eigenvalue weighted by atomic mass is 14.7. The summed E-state index contributed by atoms with van der Waals surface area (Å²) in [5.74, 6) is 0. The smallest absolute Gasteiger partial charge is 0.0787 e. The molecular weight excluding hydrogens is 555 g/mol. The maximum absolute atomic E-state index is 5.19. The van der Waals surface area contributed by atoms with Gasteiger partial charge in [-0.15, -0.1) is 0 Å². The first-order valence-corrected chi connectivity index (χ1v) is 15.8. The molecule has 46 heavy (non-hydrogen) atoms. The number of rotatable bonds is 4. The number of benzene rings is 8. The topological polar surface area (TPSA) is 12.9 Å². The van der Waals surface area contributed by atoms with Gasteiger partial charge in [0.25, 0.3) is 0 Å². The largest absolute Gasteiger partial charge is 0.247 e. The van der Waals surface area contributed by atoms with Crippen LogP contribution in [0.25, 0.3) is 87.9 Å². The summed E-state index contributed by atoms with van der Waals surface area (Å²) in [5, 5.41) is 8.59. The molecule has 1 aromatic heterocycles. The van der Waals surface area contributed by atoms with Crippen LogP contribution in [0.4, 0.5) is 0 Å². The molecule has 9 aromatic rings. The van der Waals surface area contributed by atoms with Gasteiger partial charge in [0.15, 0.2) is 0 Å². The van der Waals surface area contributed by atoms with Crippen LogP contribution in [0.3, 0.4) is 0 Å². The zero-order valence-corrected chi connectivity index (χ0v) is 25.2. The standard InChI is InChI=1S/C45H29N/c1-3-13-31(14-4-1)43-38-20-9-10-21-39(38)44(32-15-5-2-6-16-32)41-29-35(24-26-40(41)43)34-17-11-18-36(28-34)42-27-25-33-23-22-30-12-7-8-19-37(30)45(33)46-42/h1-29H. The lowest BCUT2D eigenvalue weighted by atomic mass is 9.85. The van der Waals surface area contributed by atoms with Gasteiger partial charge >= 0.3 is 0 Å². The summed E-state index contributed by atoms with van der Waals surface area (Å²) < 4.78 is 0. The molecule has 0 bridgehead atoms. The van der Waals surface area contributed by atoms with Crippen molar-refractivity contribution in [3.63, 3.8) is 0 Å². The molecule has 0 aliphatic carbocycles. The van der Waals surface area contributed by atoms with E-state index in [1.807, 2.05) is 0 Å². The van der Waals surface area contributed by atoms with E-state index in [0.29, 0.717) is 0 Å². The van der Waals surface area contributed by atoms with Crippen molar-refractivity contribution in [3.05, 3.63) is 176 Å². The van der Waals surface area contributed by atoms with Gasteiger partial charge in [0.1, 0.15) is 0 Å². The third kappa shape index (κ3) is 4.37. The molecule has 1 heterocycles. The molecule has 0 saturated carbocycles. The van der Waals surface area contributed by atoms with Crippen molar-refractivity contribution in [1.82, 2.24) is 4.98 Å². The summed E-state index contributed by atoms with van der Waals surface area (Å²) >= 11 is 0. The van der Waals surface area contributed by atoms with E-state index in [4.69, 9.17) is 4.98 Å². The van der Waals surface area contributed by atoms with Crippen molar-refractivity contribution in [3.8, 4) is 44.6 Å². The van der Waals surface area contributed by atoms with Crippen LogP contribution < -0.4 is 0 Å². The Bertz CT molecular complexity index is 2570. The van der Waals surface area contributed by atoms with Crippen molar-refractivity contribution < 1.29 is 0 Å². The van der Waals surface area contributed by atoms with E-state index in [2.05, 4.69) is 176 Å². The van der Waals surface area contributed by atoms with Crippen LogP contribution in [-0.4, -0.2) is 4.98 Å². The zero-order chi connectivity index (χ0) is 30.5. The Morgan fingerprint density at radius 3 is 1.54 bits per heavy atom. The normalized spacial score (nSPS) is 11.5. The van der Waals surface area contributed by atoms with Crippen LogP contribution in [0.15, 0.2) is 176 Å². The second-order valence-corrected chi connectivity index (χ2v) is 11.9. The Kier molecular flexibility index (Phi) is 6.21. The van der Waals surface area contributed by atoms with Gasteiger partial charge in [-0.1, -0.05) is 158 Å². The van der Waals surface area contributed by atoms with E-state index < -0.39 is 0 Å². The predicted octanol–water partition coefficient (Wildman–Crippen LogP) is 12.4. The molecule has 1 heteroatoms. The summed E-state index contributed by atoms with van der Waals surface area (Å²) in [6.45, 7) is 0. The minimum absolute atomic E-state index is 0.980. The molecule has 0 unspecified atom stereocenters. The van der Waals surface area contributed by atoms with Gasteiger partial charge < -0.3 is 0 Å². The molecule has 9 rings (SSSR count). The minimum Gasteiger partial charge on any atom is -0.247 e. The van der Waals surface area contributed by atoms with Gasteiger partial charge in [-0.05, 0) is 78.5 Å². The fourth-order valence-electron chi connectivity index (χ4n) is 7.07. The van der Waals surface area contributed by atoms with Crippen molar-refractivity contribution in [2.24, 2.45) is 0 Å². The summed E-state index contributed by atoms with van der Waals surface area (Å²) in [4.78, 5) is 5.19. The van der Waals surface area contributed by atoms with Gasteiger partial charge in [-0.3, -0.25) is 0 Å². The van der Waals surface area contributed by atoms with E-state index >= 15 is 0 Å². The molecule has 214 valence electrons. The van der Waals surface area contributed by atoms with Gasteiger partial charge in [0.05, 0.1) is 11.2 Å². The third-order valence-electron chi connectivity index (χ3n) is 9.23. The van der Waals surface area contributed by atoms with Crippen molar-refractivity contribution in [1.29, 1.82) is 0 Å². The molecule has 0 atom stereocenters. The Labute approximate surface area is 268 Å². The Hall–Kier alpha value is -6.05. The molecule has 0 aliphatic heterocycles. The minimum atomic E-state index is 0.980. The van der Waals surface area contributed by atoms with Gasteiger partial charge in [-0.2, -0.15) is 0 Å². The molecule has 1 nitrogen and oxygen atoms in total.